The van der Waals surface area contributed by atoms with Crippen LogP contribution in [0.3, 0.4) is 0 Å². The highest BCUT2D eigenvalue weighted by Gasteiger charge is 2.20. The number of rotatable bonds is 4. The van der Waals surface area contributed by atoms with E-state index >= 15 is 0 Å². The number of aromatic nitrogens is 3. The van der Waals surface area contributed by atoms with Crippen LogP contribution in [0, 0.1) is 0 Å². The van der Waals surface area contributed by atoms with Crippen LogP contribution in [0.5, 0.6) is 5.75 Å². The molecule has 1 atom stereocenters. The summed E-state index contributed by atoms with van der Waals surface area (Å²) in [5.41, 5.74) is 2.16. The van der Waals surface area contributed by atoms with Gasteiger partial charge in [0.2, 0.25) is 0 Å². The maximum Gasteiger partial charge on any atom is 0.143 e. The van der Waals surface area contributed by atoms with Gasteiger partial charge in [0.1, 0.15) is 17.5 Å². The summed E-state index contributed by atoms with van der Waals surface area (Å²) in [7, 11) is 3.38. The predicted octanol–water partition coefficient (Wildman–Crippen LogP) is 1.47. The molecule has 0 aromatic carbocycles. The summed E-state index contributed by atoms with van der Waals surface area (Å²) in [5, 5.41) is 14.7. The standard InChI is InChI=1S/C13H17N3O2/c1-4-9-8-10(16(2)15-9)13(17)12-11(18-3)6-5-7-14-12/h5-8,13,17H,4H2,1-3H3. The molecule has 0 radical (unpaired) electrons. The van der Waals surface area contributed by atoms with E-state index in [1.165, 1.54) is 0 Å². The van der Waals surface area contributed by atoms with Gasteiger partial charge in [0.05, 0.1) is 18.5 Å². The third-order valence-corrected chi connectivity index (χ3v) is 2.89. The molecule has 5 heteroatoms. The van der Waals surface area contributed by atoms with E-state index in [2.05, 4.69) is 10.1 Å². The Labute approximate surface area is 106 Å². The molecule has 0 spiro atoms. The Morgan fingerprint density at radius 3 is 2.89 bits per heavy atom. The molecule has 2 rings (SSSR count). The van der Waals surface area contributed by atoms with E-state index in [0.717, 1.165) is 12.1 Å². The molecule has 2 aromatic rings. The second-order valence-electron chi connectivity index (χ2n) is 4.03. The van der Waals surface area contributed by atoms with Crippen molar-refractivity contribution in [3.05, 3.63) is 41.5 Å². The van der Waals surface area contributed by atoms with Crippen molar-refractivity contribution in [2.45, 2.75) is 19.4 Å². The Kier molecular flexibility index (Phi) is 3.62. The fraction of sp³-hybridized carbons (Fsp3) is 0.385. The van der Waals surface area contributed by atoms with Crippen molar-refractivity contribution in [1.29, 1.82) is 0 Å². The Bertz CT molecular complexity index is 537. The summed E-state index contributed by atoms with van der Waals surface area (Å²) in [4.78, 5) is 4.19. The molecule has 18 heavy (non-hydrogen) atoms. The van der Waals surface area contributed by atoms with Crippen LogP contribution in [0.1, 0.15) is 30.1 Å². The number of methoxy groups -OCH3 is 1. The van der Waals surface area contributed by atoms with E-state index in [9.17, 15) is 5.11 Å². The first-order valence-corrected chi connectivity index (χ1v) is 5.87. The molecule has 2 heterocycles. The van der Waals surface area contributed by atoms with Crippen molar-refractivity contribution in [3.8, 4) is 5.75 Å². The molecule has 1 N–H and O–H groups in total. The highest BCUT2D eigenvalue weighted by Crippen LogP contribution is 2.27. The van der Waals surface area contributed by atoms with Crippen molar-refractivity contribution in [1.82, 2.24) is 14.8 Å². The van der Waals surface area contributed by atoms with E-state index in [4.69, 9.17) is 4.74 Å². The Morgan fingerprint density at radius 1 is 1.50 bits per heavy atom. The van der Waals surface area contributed by atoms with Gasteiger partial charge in [-0.25, -0.2) is 0 Å². The van der Waals surface area contributed by atoms with Gasteiger partial charge in [-0.2, -0.15) is 5.10 Å². The average Bonchev–Trinajstić information content (AvgIpc) is 2.79. The minimum absolute atomic E-state index is 0.505. The Balaban J connectivity index is 2.40. The summed E-state index contributed by atoms with van der Waals surface area (Å²) in [5.74, 6) is 0.573. The number of aliphatic hydroxyl groups excluding tert-OH is 1. The third kappa shape index (κ3) is 2.22. The predicted molar refractivity (Wildman–Crippen MR) is 67.4 cm³/mol. The van der Waals surface area contributed by atoms with Crippen LogP contribution in [-0.2, 0) is 13.5 Å². The number of hydrogen-bond acceptors (Lipinski definition) is 4. The normalized spacial score (nSPS) is 12.4. The fourth-order valence-electron chi connectivity index (χ4n) is 1.89. The van der Waals surface area contributed by atoms with Gasteiger partial charge in [0.25, 0.3) is 0 Å². The lowest BCUT2D eigenvalue weighted by Crippen LogP contribution is -2.09. The van der Waals surface area contributed by atoms with Crippen molar-refractivity contribution in [2.75, 3.05) is 7.11 Å². The number of nitrogens with zero attached hydrogens (tertiary/aromatic N) is 3. The molecule has 0 aliphatic heterocycles. The van der Waals surface area contributed by atoms with E-state index in [1.54, 1.807) is 30.1 Å². The zero-order valence-corrected chi connectivity index (χ0v) is 10.8. The van der Waals surface area contributed by atoms with Crippen LogP contribution in [0.25, 0.3) is 0 Å². The third-order valence-electron chi connectivity index (χ3n) is 2.89. The quantitative estimate of drug-likeness (QED) is 0.888. The molecule has 0 saturated carbocycles. The average molecular weight is 247 g/mol. The number of aliphatic hydroxyl groups is 1. The van der Waals surface area contributed by atoms with E-state index in [-0.39, 0.29) is 0 Å². The molecule has 2 aromatic heterocycles. The van der Waals surface area contributed by atoms with Crippen molar-refractivity contribution < 1.29 is 9.84 Å². The topological polar surface area (TPSA) is 60.2 Å². The molecule has 0 bridgehead atoms. The molecule has 0 aliphatic rings. The smallest absolute Gasteiger partial charge is 0.143 e. The van der Waals surface area contributed by atoms with Crippen LogP contribution in [0.2, 0.25) is 0 Å². The van der Waals surface area contributed by atoms with Crippen LogP contribution in [0.15, 0.2) is 24.4 Å². The van der Waals surface area contributed by atoms with Crippen molar-refractivity contribution in [2.24, 2.45) is 7.05 Å². The molecule has 0 fully saturated rings. The summed E-state index contributed by atoms with van der Waals surface area (Å²) in [6, 6.07) is 5.44. The molecule has 0 saturated heterocycles. The molecule has 0 amide bonds. The number of ether oxygens (including phenoxy) is 1. The van der Waals surface area contributed by atoms with E-state index in [1.807, 2.05) is 20.0 Å². The van der Waals surface area contributed by atoms with Crippen LogP contribution >= 0.6 is 0 Å². The second kappa shape index (κ2) is 5.18. The molecular formula is C13H17N3O2. The highest BCUT2D eigenvalue weighted by atomic mass is 16.5. The summed E-state index contributed by atoms with van der Waals surface area (Å²) in [6.07, 6.45) is 1.64. The van der Waals surface area contributed by atoms with Gasteiger partial charge < -0.3 is 9.84 Å². The maximum atomic E-state index is 10.4. The second-order valence-corrected chi connectivity index (χ2v) is 4.03. The van der Waals surface area contributed by atoms with Gasteiger partial charge >= 0.3 is 0 Å². The minimum Gasteiger partial charge on any atom is -0.495 e. The van der Waals surface area contributed by atoms with Crippen LogP contribution < -0.4 is 4.74 Å². The molecule has 5 nitrogen and oxygen atoms in total. The SMILES string of the molecule is CCc1cc(C(O)c2ncccc2OC)n(C)n1. The Morgan fingerprint density at radius 2 is 2.28 bits per heavy atom. The summed E-state index contributed by atoms with van der Waals surface area (Å²) >= 11 is 0. The highest BCUT2D eigenvalue weighted by molar-refractivity contribution is 5.33. The molecule has 96 valence electrons. The zero-order chi connectivity index (χ0) is 13.1. The van der Waals surface area contributed by atoms with Gasteiger partial charge in [-0.15, -0.1) is 0 Å². The van der Waals surface area contributed by atoms with E-state index in [0.29, 0.717) is 17.1 Å². The fourth-order valence-corrected chi connectivity index (χ4v) is 1.89. The number of pyridine rings is 1. The molecule has 0 aliphatic carbocycles. The van der Waals surface area contributed by atoms with Crippen LogP contribution in [0.4, 0.5) is 0 Å². The number of aryl methyl sites for hydroxylation is 2. The Hall–Kier alpha value is -1.88. The van der Waals surface area contributed by atoms with Gasteiger partial charge in [0, 0.05) is 13.2 Å². The van der Waals surface area contributed by atoms with Gasteiger partial charge in [0.15, 0.2) is 0 Å². The largest absolute Gasteiger partial charge is 0.495 e. The van der Waals surface area contributed by atoms with Gasteiger partial charge in [-0.3, -0.25) is 9.67 Å². The van der Waals surface area contributed by atoms with Gasteiger partial charge in [-0.1, -0.05) is 6.92 Å². The van der Waals surface area contributed by atoms with Crippen molar-refractivity contribution >= 4 is 0 Å². The lowest BCUT2D eigenvalue weighted by molar-refractivity contribution is 0.199. The maximum absolute atomic E-state index is 10.4. The lowest BCUT2D eigenvalue weighted by atomic mass is 10.1. The molecular weight excluding hydrogens is 230 g/mol. The van der Waals surface area contributed by atoms with Crippen molar-refractivity contribution in [3.63, 3.8) is 0 Å². The first-order chi connectivity index (χ1) is 8.67. The minimum atomic E-state index is -0.834. The lowest BCUT2D eigenvalue weighted by Gasteiger charge is -2.13. The van der Waals surface area contributed by atoms with Crippen LogP contribution in [-0.4, -0.2) is 27.0 Å². The molecule has 1 unspecified atom stereocenters. The van der Waals surface area contributed by atoms with Gasteiger partial charge in [-0.05, 0) is 24.6 Å². The monoisotopic (exact) mass is 247 g/mol. The zero-order valence-electron chi connectivity index (χ0n) is 10.8. The first kappa shape index (κ1) is 12.6. The number of hydrogen-bond donors (Lipinski definition) is 1. The summed E-state index contributed by atoms with van der Waals surface area (Å²) < 4.78 is 6.89. The summed E-state index contributed by atoms with van der Waals surface area (Å²) in [6.45, 7) is 2.03. The first-order valence-electron chi connectivity index (χ1n) is 5.87. The van der Waals surface area contributed by atoms with E-state index < -0.39 is 6.10 Å².